The van der Waals surface area contributed by atoms with Crippen molar-refractivity contribution in [3.05, 3.63) is 41.2 Å². The molecule has 8 nitrogen and oxygen atoms in total. The zero-order valence-corrected chi connectivity index (χ0v) is 16.2. The third kappa shape index (κ3) is 3.03. The molecule has 0 fully saturated rings. The van der Waals surface area contributed by atoms with Crippen LogP contribution in [0, 0.1) is 0 Å². The van der Waals surface area contributed by atoms with Crippen LogP contribution in [0.15, 0.2) is 27.2 Å². The fourth-order valence-electron chi connectivity index (χ4n) is 3.49. The summed E-state index contributed by atoms with van der Waals surface area (Å²) in [7, 11) is 0. The van der Waals surface area contributed by atoms with Gasteiger partial charge in [-0.3, -0.25) is 4.90 Å². The topological polar surface area (TPSA) is 86.7 Å². The summed E-state index contributed by atoms with van der Waals surface area (Å²) in [5.74, 6) is 3.80. The fourth-order valence-corrected chi connectivity index (χ4v) is 3.49. The van der Waals surface area contributed by atoms with Crippen LogP contribution < -0.4 is 9.47 Å². The highest BCUT2D eigenvalue weighted by atomic mass is 16.7. The Balaban J connectivity index is 1.37. The quantitative estimate of drug-likeness (QED) is 0.682. The maximum atomic E-state index is 5.61. The van der Waals surface area contributed by atoms with E-state index in [1.165, 1.54) is 0 Å². The minimum Gasteiger partial charge on any atom is -0.454 e. The van der Waals surface area contributed by atoms with Crippen molar-refractivity contribution in [1.29, 1.82) is 0 Å². The molecule has 0 amide bonds. The molecule has 28 heavy (non-hydrogen) atoms. The molecule has 2 aromatic heterocycles. The number of nitrogens with zero attached hydrogens (tertiary/aromatic N) is 4. The average Bonchev–Trinajstić information content (AvgIpc) is 3.39. The summed E-state index contributed by atoms with van der Waals surface area (Å²) in [5, 5.41) is 8.47. The normalized spacial score (nSPS) is 16.4. The highest BCUT2D eigenvalue weighted by molar-refractivity contribution is 5.67. The van der Waals surface area contributed by atoms with E-state index in [0.29, 0.717) is 18.3 Å². The van der Waals surface area contributed by atoms with Gasteiger partial charge in [0.05, 0.1) is 6.54 Å². The van der Waals surface area contributed by atoms with E-state index in [0.717, 1.165) is 53.6 Å². The molecule has 2 aliphatic heterocycles. The third-order valence-corrected chi connectivity index (χ3v) is 5.03. The van der Waals surface area contributed by atoms with Crippen molar-refractivity contribution >= 4 is 0 Å². The Morgan fingerprint density at radius 1 is 1.07 bits per heavy atom. The molecule has 0 spiro atoms. The number of ether oxygens (including phenoxy) is 2. The first kappa shape index (κ1) is 17.2. The Labute approximate surface area is 162 Å². The Morgan fingerprint density at radius 3 is 2.75 bits per heavy atom. The number of hydrogen-bond acceptors (Lipinski definition) is 8. The molecule has 8 heteroatoms. The molecule has 0 saturated heterocycles. The van der Waals surface area contributed by atoms with Crippen LogP contribution in [0.3, 0.4) is 0 Å². The second-order valence-corrected chi connectivity index (χ2v) is 8.23. The molecule has 0 aliphatic carbocycles. The van der Waals surface area contributed by atoms with E-state index in [1.807, 2.05) is 18.2 Å². The SMILES string of the molecule is CC(C)(C)c1nc(CN2CCc3onc(-c4ccc5c(c4)OCO5)c3C2)no1. The van der Waals surface area contributed by atoms with Gasteiger partial charge in [0.2, 0.25) is 12.7 Å². The average molecular weight is 382 g/mol. The molecule has 3 aromatic rings. The lowest BCUT2D eigenvalue weighted by Crippen LogP contribution is -2.30. The number of benzene rings is 1. The second kappa shape index (κ2) is 6.34. The van der Waals surface area contributed by atoms with Crippen LogP contribution in [0.4, 0.5) is 0 Å². The molecule has 0 N–H and O–H groups in total. The van der Waals surface area contributed by atoms with Crippen LogP contribution in [-0.2, 0) is 24.9 Å². The largest absolute Gasteiger partial charge is 0.454 e. The molecule has 1 aromatic carbocycles. The molecule has 5 rings (SSSR count). The Morgan fingerprint density at radius 2 is 1.93 bits per heavy atom. The summed E-state index contributed by atoms with van der Waals surface area (Å²) in [6.07, 6.45) is 0.802. The number of hydrogen-bond donors (Lipinski definition) is 0. The number of rotatable bonds is 3. The van der Waals surface area contributed by atoms with Crippen molar-refractivity contribution in [2.75, 3.05) is 13.3 Å². The lowest BCUT2D eigenvalue weighted by molar-refractivity contribution is 0.174. The minimum absolute atomic E-state index is 0.151. The minimum atomic E-state index is -0.151. The van der Waals surface area contributed by atoms with Crippen LogP contribution in [0.1, 0.15) is 43.8 Å². The van der Waals surface area contributed by atoms with Crippen molar-refractivity contribution in [3.63, 3.8) is 0 Å². The maximum Gasteiger partial charge on any atom is 0.232 e. The predicted molar refractivity (Wildman–Crippen MR) is 98.9 cm³/mol. The van der Waals surface area contributed by atoms with Gasteiger partial charge in [-0.25, -0.2) is 0 Å². The van der Waals surface area contributed by atoms with E-state index in [9.17, 15) is 0 Å². The van der Waals surface area contributed by atoms with Gasteiger partial charge in [0, 0.05) is 36.1 Å². The first-order valence-corrected chi connectivity index (χ1v) is 9.40. The summed E-state index contributed by atoms with van der Waals surface area (Å²) in [5.41, 5.74) is 2.76. The summed E-state index contributed by atoms with van der Waals surface area (Å²) in [6.45, 7) is 8.66. The Kier molecular flexibility index (Phi) is 3.90. The van der Waals surface area contributed by atoms with E-state index in [-0.39, 0.29) is 12.2 Å². The highest BCUT2D eigenvalue weighted by Gasteiger charge is 2.28. The summed E-state index contributed by atoms with van der Waals surface area (Å²) in [4.78, 5) is 6.84. The van der Waals surface area contributed by atoms with Crippen molar-refractivity contribution in [1.82, 2.24) is 20.2 Å². The molecule has 0 atom stereocenters. The Hall–Kier alpha value is -2.87. The predicted octanol–water partition coefficient (Wildman–Crippen LogP) is 3.31. The van der Waals surface area contributed by atoms with E-state index >= 15 is 0 Å². The molecular weight excluding hydrogens is 360 g/mol. The van der Waals surface area contributed by atoms with Crippen molar-refractivity contribution in [2.45, 2.75) is 45.7 Å². The standard InChI is InChI=1S/C20H22N4O4/c1-20(2,3)19-21-17(22-28-19)10-24-7-6-14-13(9-24)18(23-27-14)12-4-5-15-16(8-12)26-11-25-15/h4-5,8H,6-7,9-11H2,1-3H3. The lowest BCUT2D eigenvalue weighted by Gasteiger charge is -2.24. The molecule has 2 aliphatic rings. The fraction of sp³-hybridized carbons (Fsp3) is 0.450. The summed E-state index contributed by atoms with van der Waals surface area (Å²) in [6, 6.07) is 5.85. The lowest BCUT2D eigenvalue weighted by atomic mass is 9.97. The van der Waals surface area contributed by atoms with Crippen LogP contribution in [-0.4, -0.2) is 33.5 Å². The first-order chi connectivity index (χ1) is 13.5. The Bertz CT molecular complexity index is 1020. The van der Waals surface area contributed by atoms with Gasteiger partial charge >= 0.3 is 0 Å². The highest BCUT2D eigenvalue weighted by Crippen LogP contribution is 2.38. The maximum absolute atomic E-state index is 5.61. The van der Waals surface area contributed by atoms with Crippen LogP contribution in [0.25, 0.3) is 11.3 Å². The van der Waals surface area contributed by atoms with Gasteiger partial charge in [0.25, 0.3) is 0 Å². The van der Waals surface area contributed by atoms with Crippen molar-refractivity contribution in [2.24, 2.45) is 0 Å². The van der Waals surface area contributed by atoms with Gasteiger partial charge in [0.1, 0.15) is 11.5 Å². The summed E-state index contributed by atoms with van der Waals surface area (Å²) < 4.78 is 21.9. The van der Waals surface area contributed by atoms with Crippen LogP contribution in [0.5, 0.6) is 11.5 Å². The molecule has 0 unspecified atom stereocenters. The number of aromatic nitrogens is 3. The van der Waals surface area contributed by atoms with Crippen molar-refractivity contribution in [3.8, 4) is 22.8 Å². The van der Waals surface area contributed by atoms with E-state index < -0.39 is 0 Å². The second-order valence-electron chi connectivity index (χ2n) is 8.23. The molecule has 4 heterocycles. The zero-order valence-electron chi connectivity index (χ0n) is 16.2. The van der Waals surface area contributed by atoms with E-state index in [4.69, 9.17) is 18.5 Å². The zero-order chi connectivity index (χ0) is 19.3. The number of fused-ring (bicyclic) bond motifs is 2. The van der Waals surface area contributed by atoms with E-state index in [1.54, 1.807) is 0 Å². The van der Waals surface area contributed by atoms with Crippen LogP contribution in [0.2, 0.25) is 0 Å². The molecular formula is C20H22N4O4. The monoisotopic (exact) mass is 382 g/mol. The van der Waals surface area contributed by atoms with Gasteiger partial charge in [-0.05, 0) is 18.2 Å². The molecule has 146 valence electrons. The van der Waals surface area contributed by atoms with Gasteiger partial charge < -0.3 is 18.5 Å². The smallest absolute Gasteiger partial charge is 0.232 e. The summed E-state index contributed by atoms with van der Waals surface area (Å²) >= 11 is 0. The third-order valence-electron chi connectivity index (χ3n) is 5.03. The van der Waals surface area contributed by atoms with Crippen LogP contribution >= 0.6 is 0 Å². The first-order valence-electron chi connectivity index (χ1n) is 9.40. The van der Waals surface area contributed by atoms with Gasteiger partial charge in [-0.1, -0.05) is 31.1 Å². The van der Waals surface area contributed by atoms with Gasteiger partial charge in [-0.2, -0.15) is 4.98 Å². The molecule has 0 bridgehead atoms. The van der Waals surface area contributed by atoms with Gasteiger partial charge in [-0.15, -0.1) is 0 Å². The molecule has 0 saturated carbocycles. The van der Waals surface area contributed by atoms with E-state index in [2.05, 4.69) is 41.0 Å². The van der Waals surface area contributed by atoms with Crippen molar-refractivity contribution < 1.29 is 18.5 Å². The van der Waals surface area contributed by atoms with Gasteiger partial charge in [0.15, 0.2) is 17.3 Å². The molecule has 0 radical (unpaired) electrons.